The van der Waals surface area contributed by atoms with Crippen molar-refractivity contribution in [3.8, 4) is 0 Å². The fourth-order valence-electron chi connectivity index (χ4n) is 3.39. The van der Waals surface area contributed by atoms with Crippen molar-refractivity contribution in [1.29, 1.82) is 0 Å². The molecule has 2 amide bonds. The zero-order valence-electron chi connectivity index (χ0n) is 15.3. The zero-order chi connectivity index (χ0) is 17.5. The third kappa shape index (κ3) is 6.96. The number of amides is 2. The standard InChI is InChI=1S/C20H29N3O2.ClH/c24-19(14-21-13-18-6-7-18)22-15-20(25)23-10-8-17(9-11-23)12-16-4-2-1-3-5-16;/h1-5,17-18,21H,6-15H2,(H,22,24);1H. The molecule has 2 aliphatic rings. The monoisotopic (exact) mass is 379 g/mol. The van der Waals surface area contributed by atoms with Gasteiger partial charge in [-0.3, -0.25) is 9.59 Å². The summed E-state index contributed by atoms with van der Waals surface area (Å²) in [6.07, 6.45) is 5.71. The van der Waals surface area contributed by atoms with Crippen molar-refractivity contribution in [2.45, 2.75) is 32.1 Å². The second kappa shape index (κ2) is 10.5. The third-order valence-electron chi connectivity index (χ3n) is 5.19. The van der Waals surface area contributed by atoms with Crippen LogP contribution in [-0.2, 0) is 16.0 Å². The Bertz CT molecular complexity index is 570. The summed E-state index contributed by atoms with van der Waals surface area (Å²) in [5.41, 5.74) is 1.37. The summed E-state index contributed by atoms with van der Waals surface area (Å²) in [6.45, 7) is 2.94. The predicted octanol–water partition coefficient (Wildman–Crippen LogP) is 2.01. The summed E-state index contributed by atoms with van der Waals surface area (Å²) in [5.74, 6) is 1.35. The van der Waals surface area contributed by atoms with Crippen molar-refractivity contribution in [2.24, 2.45) is 11.8 Å². The Morgan fingerprint density at radius 2 is 1.65 bits per heavy atom. The summed E-state index contributed by atoms with van der Waals surface area (Å²) < 4.78 is 0. The molecule has 1 aliphatic heterocycles. The molecule has 1 aliphatic carbocycles. The van der Waals surface area contributed by atoms with Gasteiger partial charge in [-0.05, 0) is 56.0 Å². The molecule has 144 valence electrons. The van der Waals surface area contributed by atoms with Crippen LogP contribution in [0.25, 0.3) is 0 Å². The molecule has 1 heterocycles. The van der Waals surface area contributed by atoms with Gasteiger partial charge in [0.1, 0.15) is 0 Å². The van der Waals surface area contributed by atoms with Crippen molar-refractivity contribution in [2.75, 3.05) is 32.7 Å². The lowest BCUT2D eigenvalue weighted by Gasteiger charge is -2.32. The number of rotatable bonds is 8. The van der Waals surface area contributed by atoms with Gasteiger partial charge in [0.2, 0.25) is 11.8 Å². The van der Waals surface area contributed by atoms with Gasteiger partial charge in [-0.25, -0.2) is 0 Å². The lowest BCUT2D eigenvalue weighted by atomic mass is 9.90. The van der Waals surface area contributed by atoms with Gasteiger partial charge in [-0.1, -0.05) is 30.3 Å². The van der Waals surface area contributed by atoms with Crippen LogP contribution in [-0.4, -0.2) is 49.4 Å². The minimum Gasteiger partial charge on any atom is -0.346 e. The number of hydrogen-bond acceptors (Lipinski definition) is 3. The molecule has 0 aromatic heterocycles. The topological polar surface area (TPSA) is 61.4 Å². The van der Waals surface area contributed by atoms with E-state index in [9.17, 15) is 9.59 Å². The lowest BCUT2D eigenvalue weighted by Crippen LogP contribution is -2.45. The summed E-state index contributed by atoms with van der Waals surface area (Å²) in [7, 11) is 0. The van der Waals surface area contributed by atoms with Crippen LogP contribution in [0.4, 0.5) is 0 Å². The number of carbonyl (C=O) groups excluding carboxylic acids is 2. The molecule has 0 spiro atoms. The normalized spacial score (nSPS) is 17.5. The average molecular weight is 380 g/mol. The van der Waals surface area contributed by atoms with Crippen molar-refractivity contribution < 1.29 is 9.59 Å². The number of benzene rings is 1. The van der Waals surface area contributed by atoms with Gasteiger partial charge in [0.15, 0.2) is 0 Å². The molecule has 1 saturated heterocycles. The first-order chi connectivity index (χ1) is 12.2. The van der Waals surface area contributed by atoms with E-state index in [-0.39, 0.29) is 30.8 Å². The predicted molar refractivity (Wildman–Crippen MR) is 105 cm³/mol. The second-order valence-electron chi connectivity index (χ2n) is 7.36. The van der Waals surface area contributed by atoms with E-state index in [0.29, 0.717) is 12.5 Å². The van der Waals surface area contributed by atoms with Crippen LogP contribution in [0.5, 0.6) is 0 Å². The maximum atomic E-state index is 12.3. The van der Waals surface area contributed by atoms with Crippen molar-refractivity contribution in [3.63, 3.8) is 0 Å². The van der Waals surface area contributed by atoms with E-state index >= 15 is 0 Å². The molecule has 1 aromatic rings. The van der Waals surface area contributed by atoms with Crippen LogP contribution in [0.2, 0.25) is 0 Å². The van der Waals surface area contributed by atoms with E-state index in [1.54, 1.807) is 0 Å². The molecule has 0 bridgehead atoms. The number of halogens is 1. The minimum atomic E-state index is -0.0898. The molecule has 26 heavy (non-hydrogen) atoms. The van der Waals surface area contributed by atoms with Crippen molar-refractivity contribution in [1.82, 2.24) is 15.5 Å². The summed E-state index contributed by atoms with van der Waals surface area (Å²) >= 11 is 0. The Balaban J connectivity index is 0.00000243. The molecule has 2 fully saturated rings. The highest BCUT2D eigenvalue weighted by Gasteiger charge is 2.23. The molecule has 2 N–H and O–H groups in total. The van der Waals surface area contributed by atoms with Gasteiger partial charge in [0.05, 0.1) is 13.1 Å². The molecule has 0 unspecified atom stereocenters. The number of hydrogen-bond donors (Lipinski definition) is 2. The van der Waals surface area contributed by atoms with E-state index in [1.165, 1.54) is 18.4 Å². The van der Waals surface area contributed by atoms with Crippen molar-refractivity contribution >= 4 is 24.2 Å². The van der Waals surface area contributed by atoms with E-state index in [2.05, 4.69) is 34.9 Å². The highest BCUT2D eigenvalue weighted by Crippen LogP contribution is 2.27. The average Bonchev–Trinajstić information content (AvgIpc) is 3.45. The Labute approximate surface area is 162 Å². The first-order valence-electron chi connectivity index (χ1n) is 9.50. The molecule has 1 aromatic carbocycles. The van der Waals surface area contributed by atoms with Gasteiger partial charge in [0, 0.05) is 13.1 Å². The van der Waals surface area contributed by atoms with Crippen LogP contribution in [0.1, 0.15) is 31.2 Å². The number of carbonyl (C=O) groups is 2. The molecular formula is C20H30ClN3O2. The summed E-state index contributed by atoms with van der Waals surface area (Å²) in [4.78, 5) is 25.9. The van der Waals surface area contributed by atoms with Crippen LogP contribution in [0.15, 0.2) is 30.3 Å². The van der Waals surface area contributed by atoms with Crippen LogP contribution in [0, 0.1) is 11.8 Å². The van der Waals surface area contributed by atoms with Crippen LogP contribution < -0.4 is 10.6 Å². The fraction of sp³-hybridized carbons (Fsp3) is 0.600. The molecule has 0 atom stereocenters. The highest BCUT2D eigenvalue weighted by molar-refractivity contribution is 5.86. The van der Waals surface area contributed by atoms with E-state index < -0.39 is 0 Å². The SMILES string of the molecule is Cl.O=C(CNCC1CC1)NCC(=O)N1CCC(Cc2ccccc2)CC1. The molecule has 1 saturated carbocycles. The molecular weight excluding hydrogens is 350 g/mol. The molecule has 0 radical (unpaired) electrons. The maximum absolute atomic E-state index is 12.3. The molecule has 5 nitrogen and oxygen atoms in total. The van der Waals surface area contributed by atoms with Gasteiger partial charge >= 0.3 is 0 Å². The van der Waals surface area contributed by atoms with E-state index in [0.717, 1.165) is 44.8 Å². The van der Waals surface area contributed by atoms with Crippen molar-refractivity contribution in [3.05, 3.63) is 35.9 Å². The Morgan fingerprint density at radius 3 is 2.31 bits per heavy atom. The summed E-state index contributed by atoms with van der Waals surface area (Å²) in [5, 5.41) is 5.87. The number of likely N-dealkylation sites (tertiary alicyclic amines) is 1. The quantitative estimate of drug-likeness (QED) is 0.726. The first-order valence-corrected chi connectivity index (χ1v) is 9.50. The first kappa shape index (κ1) is 20.7. The Morgan fingerprint density at radius 1 is 0.962 bits per heavy atom. The number of piperidine rings is 1. The third-order valence-corrected chi connectivity index (χ3v) is 5.19. The van der Waals surface area contributed by atoms with Gasteiger partial charge < -0.3 is 15.5 Å². The maximum Gasteiger partial charge on any atom is 0.241 e. The van der Waals surface area contributed by atoms with E-state index in [1.807, 2.05) is 11.0 Å². The fourth-order valence-corrected chi connectivity index (χ4v) is 3.39. The number of nitrogens with one attached hydrogen (secondary N) is 2. The molecule has 6 heteroatoms. The van der Waals surface area contributed by atoms with Crippen LogP contribution >= 0.6 is 12.4 Å². The smallest absolute Gasteiger partial charge is 0.241 e. The minimum absolute atomic E-state index is 0. The van der Waals surface area contributed by atoms with E-state index in [4.69, 9.17) is 0 Å². The van der Waals surface area contributed by atoms with Gasteiger partial charge in [0.25, 0.3) is 0 Å². The van der Waals surface area contributed by atoms with Gasteiger partial charge in [-0.2, -0.15) is 0 Å². The second-order valence-corrected chi connectivity index (χ2v) is 7.36. The Hall–Kier alpha value is -1.59. The van der Waals surface area contributed by atoms with Crippen LogP contribution in [0.3, 0.4) is 0 Å². The summed E-state index contributed by atoms with van der Waals surface area (Å²) in [6, 6.07) is 10.5. The Kier molecular flexibility index (Phi) is 8.39. The largest absolute Gasteiger partial charge is 0.346 e. The lowest BCUT2D eigenvalue weighted by molar-refractivity contribution is -0.133. The zero-order valence-corrected chi connectivity index (χ0v) is 16.1. The highest BCUT2D eigenvalue weighted by atomic mass is 35.5. The molecule has 3 rings (SSSR count). The van der Waals surface area contributed by atoms with Gasteiger partial charge in [-0.15, -0.1) is 12.4 Å². The number of nitrogens with zero attached hydrogens (tertiary/aromatic N) is 1.